The molecule has 0 aliphatic heterocycles. The van der Waals surface area contributed by atoms with Crippen molar-refractivity contribution in [1.82, 2.24) is 10.3 Å². The molecule has 0 saturated heterocycles. The van der Waals surface area contributed by atoms with E-state index in [4.69, 9.17) is 0 Å². The zero-order valence-corrected chi connectivity index (χ0v) is 19.1. The van der Waals surface area contributed by atoms with Crippen molar-refractivity contribution in [1.29, 1.82) is 0 Å². The van der Waals surface area contributed by atoms with E-state index in [1.54, 1.807) is 0 Å². The second-order valence-electron chi connectivity index (χ2n) is 7.23. The van der Waals surface area contributed by atoms with E-state index in [-0.39, 0.29) is 11.8 Å². The summed E-state index contributed by atoms with van der Waals surface area (Å²) in [6.45, 7) is 14.2. The highest BCUT2D eigenvalue weighted by Gasteiger charge is 2.07. The molecule has 0 spiro atoms. The molecule has 31 heavy (non-hydrogen) atoms. The van der Waals surface area contributed by atoms with Crippen LogP contribution in [0.15, 0.2) is 55.1 Å². The molecule has 2 rings (SSSR count). The van der Waals surface area contributed by atoms with Crippen molar-refractivity contribution in [3.8, 4) is 0 Å². The first-order valence-corrected chi connectivity index (χ1v) is 10.9. The third-order valence-electron chi connectivity index (χ3n) is 4.50. The van der Waals surface area contributed by atoms with Crippen molar-refractivity contribution in [2.45, 2.75) is 52.9 Å². The molecule has 6 heteroatoms. The molecule has 2 aromatic rings. The fraction of sp³-hybridized carbons (Fsp3) is 0.400. The topological polar surface area (TPSA) is 83.1 Å². The van der Waals surface area contributed by atoms with Crippen LogP contribution in [0.3, 0.4) is 0 Å². The number of anilines is 2. The summed E-state index contributed by atoms with van der Waals surface area (Å²) in [5.74, 6) is 0.718. The smallest absolute Gasteiger partial charge is 0.224 e. The number of carbonyl (C=O) groups is 2. The van der Waals surface area contributed by atoms with Gasteiger partial charge in [-0.05, 0) is 43.5 Å². The van der Waals surface area contributed by atoms with E-state index in [1.807, 2.05) is 36.4 Å². The molecule has 1 aromatic heterocycles. The van der Waals surface area contributed by atoms with Gasteiger partial charge in [0, 0.05) is 31.8 Å². The van der Waals surface area contributed by atoms with Crippen LogP contribution in [0.4, 0.5) is 11.5 Å². The summed E-state index contributed by atoms with van der Waals surface area (Å²) < 4.78 is 0. The molecule has 0 saturated carbocycles. The van der Waals surface area contributed by atoms with Gasteiger partial charge in [-0.15, -0.1) is 6.58 Å². The molecule has 3 N–H and O–H groups in total. The standard InChI is InChI=1S/C18H24N4O2.C7H12/c1-3-4-8-18(24)22-16-7-5-6-15-14(16)9-10-17(21-15)20-12-11-19-13(2)23;1-4-6-7(3)5-2/h5-7,9-10H,3-4,8,11-12H2,1-2H3,(H,19,23)(H,20,21)(H,22,24);4H,1,3,5-6H2,2H3. The van der Waals surface area contributed by atoms with Gasteiger partial charge >= 0.3 is 0 Å². The fourth-order valence-corrected chi connectivity index (χ4v) is 2.69. The van der Waals surface area contributed by atoms with Crippen molar-refractivity contribution >= 4 is 34.2 Å². The van der Waals surface area contributed by atoms with Crippen LogP contribution in [0.1, 0.15) is 52.9 Å². The number of carbonyl (C=O) groups excluding carboxylic acids is 2. The number of aromatic nitrogens is 1. The van der Waals surface area contributed by atoms with Crippen LogP contribution in [0, 0.1) is 0 Å². The summed E-state index contributed by atoms with van der Waals surface area (Å²) in [5.41, 5.74) is 2.86. The Bertz CT molecular complexity index is 877. The molecule has 1 aromatic carbocycles. The van der Waals surface area contributed by atoms with Gasteiger partial charge in [0.15, 0.2) is 0 Å². The van der Waals surface area contributed by atoms with Gasteiger partial charge in [-0.25, -0.2) is 4.98 Å². The first kappa shape index (κ1) is 25.9. The largest absolute Gasteiger partial charge is 0.368 e. The minimum atomic E-state index is -0.0493. The molecule has 168 valence electrons. The summed E-state index contributed by atoms with van der Waals surface area (Å²) in [4.78, 5) is 27.3. The first-order valence-electron chi connectivity index (χ1n) is 10.9. The highest BCUT2D eigenvalue weighted by Crippen LogP contribution is 2.23. The Morgan fingerprint density at radius 3 is 2.52 bits per heavy atom. The minimum absolute atomic E-state index is 0.0295. The first-order chi connectivity index (χ1) is 14.9. The van der Waals surface area contributed by atoms with Gasteiger partial charge in [0.05, 0.1) is 11.2 Å². The van der Waals surface area contributed by atoms with Crippen LogP contribution >= 0.6 is 0 Å². The van der Waals surface area contributed by atoms with E-state index >= 15 is 0 Å². The monoisotopic (exact) mass is 424 g/mol. The van der Waals surface area contributed by atoms with Crippen LogP contribution in [-0.4, -0.2) is 29.9 Å². The molecular formula is C25H36N4O2. The van der Waals surface area contributed by atoms with Crippen LogP contribution in [0.2, 0.25) is 0 Å². The van der Waals surface area contributed by atoms with E-state index in [0.29, 0.717) is 19.5 Å². The lowest BCUT2D eigenvalue weighted by atomic mass is 10.1. The summed E-state index contributed by atoms with van der Waals surface area (Å²) in [7, 11) is 0. The van der Waals surface area contributed by atoms with Gasteiger partial charge in [-0.1, -0.05) is 44.6 Å². The summed E-state index contributed by atoms with van der Waals surface area (Å²) >= 11 is 0. The van der Waals surface area contributed by atoms with Gasteiger partial charge in [-0.3, -0.25) is 9.59 Å². The van der Waals surface area contributed by atoms with Gasteiger partial charge in [0.1, 0.15) is 5.82 Å². The molecule has 0 radical (unpaired) electrons. The average molecular weight is 425 g/mol. The number of hydrogen-bond donors (Lipinski definition) is 3. The van der Waals surface area contributed by atoms with Crippen LogP contribution in [-0.2, 0) is 9.59 Å². The Morgan fingerprint density at radius 2 is 1.90 bits per heavy atom. The van der Waals surface area contributed by atoms with Gasteiger partial charge < -0.3 is 16.0 Å². The Kier molecular flexibility index (Phi) is 12.3. The molecule has 0 bridgehead atoms. The summed E-state index contributed by atoms with van der Waals surface area (Å²) in [5, 5.41) is 9.76. The SMILES string of the molecule is C=CCC(=C)CC.CCCCC(=O)Nc1cccc2nc(NCCNC(C)=O)ccc12. The number of pyridine rings is 1. The van der Waals surface area contributed by atoms with Crippen molar-refractivity contribution in [3.63, 3.8) is 0 Å². The molecule has 1 heterocycles. The summed E-state index contributed by atoms with van der Waals surface area (Å²) in [6, 6.07) is 9.50. The number of unbranched alkanes of at least 4 members (excludes halogenated alkanes) is 1. The third-order valence-corrected chi connectivity index (χ3v) is 4.50. The number of amides is 2. The zero-order chi connectivity index (χ0) is 23.1. The molecule has 6 nitrogen and oxygen atoms in total. The summed E-state index contributed by atoms with van der Waals surface area (Å²) in [6.07, 6.45) is 6.34. The number of hydrogen-bond acceptors (Lipinski definition) is 4. The number of allylic oxidation sites excluding steroid dienone is 2. The number of fused-ring (bicyclic) bond motifs is 1. The lowest BCUT2D eigenvalue weighted by Crippen LogP contribution is -2.26. The van der Waals surface area contributed by atoms with E-state index < -0.39 is 0 Å². The van der Waals surface area contributed by atoms with E-state index in [1.165, 1.54) is 12.5 Å². The van der Waals surface area contributed by atoms with E-state index in [9.17, 15) is 9.59 Å². The van der Waals surface area contributed by atoms with Crippen molar-refractivity contribution in [2.75, 3.05) is 23.7 Å². The highest BCUT2D eigenvalue weighted by molar-refractivity contribution is 6.01. The number of nitrogens with one attached hydrogen (secondary N) is 3. The minimum Gasteiger partial charge on any atom is -0.368 e. The number of benzene rings is 1. The van der Waals surface area contributed by atoms with Gasteiger partial charge in [0.2, 0.25) is 11.8 Å². The molecular weight excluding hydrogens is 388 g/mol. The Labute approximate surface area is 186 Å². The molecule has 0 aliphatic carbocycles. The Hall–Kier alpha value is -3.15. The average Bonchev–Trinajstić information content (AvgIpc) is 2.75. The number of nitrogens with zero attached hydrogens (tertiary/aromatic N) is 1. The van der Waals surface area contributed by atoms with Crippen LogP contribution in [0.25, 0.3) is 10.9 Å². The Balaban J connectivity index is 0.000000592. The highest BCUT2D eigenvalue weighted by atomic mass is 16.2. The second kappa shape index (κ2) is 14.8. The fourth-order valence-electron chi connectivity index (χ4n) is 2.69. The quantitative estimate of drug-likeness (QED) is 0.331. The van der Waals surface area contributed by atoms with E-state index in [0.717, 1.165) is 48.1 Å². The maximum atomic E-state index is 11.9. The van der Waals surface area contributed by atoms with Crippen molar-refractivity contribution < 1.29 is 9.59 Å². The predicted molar refractivity (Wildman–Crippen MR) is 131 cm³/mol. The lowest BCUT2D eigenvalue weighted by molar-refractivity contribution is -0.119. The molecule has 0 atom stereocenters. The maximum absolute atomic E-state index is 11.9. The number of rotatable bonds is 11. The Morgan fingerprint density at radius 1 is 1.13 bits per heavy atom. The zero-order valence-electron chi connectivity index (χ0n) is 19.1. The van der Waals surface area contributed by atoms with Gasteiger partial charge in [-0.2, -0.15) is 0 Å². The normalized spacial score (nSPS) is 9.90. The molecule has 2 amide bonds. The van der Waals surface area contributed by atoms with Crippen molar-refractivity contribution in [3.05, 3.63) is 55.1 Å². The lowest BCUT2D eigenvalue weighted by Gasteiger charge is -2.10. The third kappa shape index (κ3) is 10.4. The predicted octanol–water partition coefficient (Wildman–Crippen LogP) is 5.44. The van der Waals surface area contributed by atoms with E-state index in [2.05, 4.69) is 47.9 Å². The maximum Gasteiger partial charge on any atom is 0.224 e. The molecule has 0 unspecified atom stereocenters. The molecule has 0 fully saturated rings. The second-order valence-corrected chi connectivity index (χ2v) is 7.23. The van der Waals surface area contributed by atoms with Crippen LogP contribution < -0.4 is 16.0 Å². The van der Waals surface area contributed by atoms with Crippen molar-refractivity contribution in [2.24, 2.45) is 0 Å². The van der Waals surface area contributed by atoms with Gasteiger partial charge in [0.25, 0.3) is 0 Å². The van der Waals surface area contributed by atoms with Crippen LogP contribution in [0.5, 0.6) is 0 Å². The molecule has 0 aliphatic rings.